The second kappa shape index (κ2) is 12.0. The van der Waals surface area contributed by atoms with Crippen LogP contribution in [0.1, 0.15) is 43.0 Å². The molecule has 4 aromatic carbocycles. The van der Waals surface area contributed by atoms with E-state index in [1.54, 1.807) is 0 Å². The third-order valence-corrected chi connectivity index (χ3v) is 6.40. The maximum Gasteiger partial charge on any atom is 0.254 e. The molecule has 0 atom stereocenters. The maximum atomic E-state index is 13.7. The summed E-state index contributed by atoms with van der Waals surface area (Å²) in [7, 11) is 0. The summed E-state index contributed by atoms with van der Waals surface area (Å²) in [5.74, 6) is -0.0556. The number of carbonyl (C=O) groups excluding carboxylic acids is 2. The van der Waals surface area contributed by atoms with Crippen molar-refractivity contribution >= 4 is 11.8 Å². The van der Waals surface area contributed by atoms with E-state index in [0.717, 1.165) is 22.3 Å². The molecular weight excluding hydrogens is 444 g/mol. The van der Waals surface area contributed by atoms with Crippen molar-refractivity contribution in [3.8, 4) is 0 Å². The molecule has 0 aromatic heterocycles. The molecule has 0 aliphatic carbocycles. The van der Waals surface area contributed by atoms with Crippen molar-refractivity contribution in [1.29, 1.82) is 0 Å². The van der Waals surface area contributed by atoms with Crippen LogP contribution in [0.4, 0.5) is 0 Å². The molecule has 0 heterocycles. The topological polar surface area (TPSA) is 40.6 Å². The highest BCUT2D eigenvalue weighted by Crippen LogP contribution is 2.17. The molecule has 0 fully saturated rings. The molecule has 36 heavy (non-hydrogen) atoms. The van der Waals surface area contributed by atoms with Crippen LogP contribution in [0.2, 0.25) is 0 Å². The number of rotatable bonds is 9. The number of carbonyl (C=O) groups is 2. The summed E-state index contributed by atoms with van der Waals surface area (Å²) < 4.78 is 0. The Kier molecular flexibility index (Phi) is 8.30. The van der Waals surface area contributed by atoms with Crippen LogP contribution in [0.5, 0.6) is 0 Å². The van der Waals surface area contributed by atoms with Gasteiger partial charge in [-0.25, -0.2) is 0 Å². The van der Waals surface area contributed by atoms with E-state index in [9.17, 15) is 9.59 Å². The summed E-state index contributed by atoms with van der Waals surface area (Å²) in [6.07, 6.45) is 0. The van der Waals surface area contributed by atoms with Crippen LogP contribution in [-0.2, 0) is 13.1 Å². The van der Waals surface area contributed by atoms with Crippen molar-refractivity contribution in [3.05, 3.63) is 143 Å². The largest absolute Gasteiger partial charge is 0.333 e. The fourth-order valence-corrected chi connectivity index (χ4v) is 4.32. The minimum Gasteiger partial charge on any atom is -0.333 e. The number of amides is 2. The van der Waals surface area contributed by atoms with Crippen molar-refractivity contribution in [2.24, 2.45) is 0 Å². The molecule has 0 saturated carbocycles. The fraction of sp³-hybridized carbons (Fsp3) is 0.188. The lowest BCUT2D eigenvalue weighted by Crippen LogP contribution is -2.41. The summed E-state index contributed by atoms with van der Waals surface area (Å²) in [6.45, 7) is 5.71. The molecule has 4 aromatic rings. The van der Waals surface area contributed by atoms with E-state index in [1.807, 2.05) is 133 Å². The summed E-state index contributed by atoms with van der Waals surface area (Å²) in [5.41, 5.74) is 5.37. The molecule has 0 aliphatic heterocycles. The summed E-state index contributed by atoms with van der Waals surface area (Å²) >= 11 is 0. The first-order valence-electron chi connectivity index (χ1n) is 12.3. The van der Waals surface area contributed by atoms with E-state index in [4.69, 9.17) is 0 Å². The number of aryl methyl sites for hydroxylation is 2. The van der Waals surface area contributed by atoms with E-state index in [-0.39, 0.29) is 11.8 Å². The molecule has 0 N–H and O–H groups in total. The molecular formula is C32H32N2O2. The van der Waals surface area contributed by atoms with Gasteiger partial charge in [-0.15, -0.1) is 0 Å². The molecule has 4 rings (SSSR count). The van der Waals surface area contributed by atoms with Gasteiger partial charge in [0.2, 0.25) is 0 Å². The van der Waals surface area contributed by atoms with Crippen molar-refractivity contribution in [2.45, 2.75) is 26.9 Å². The van der Waals surface area contributed by atoms with Gasteiger partial charge in [0.1, 0.15) is 0 Å². The number of nitrogens with zero attached hydrogens (tertiary/aromatic N) is 2. The summed E-state index contributed by atoms with van der Waals surface area (Å²) in [4.78, 5) is 31.0. The van der Waals surface area contributed by atoms with E-state index in [0.29, 0.717) is 37.3 Å². The van der Waals surface area contributed by atoms with Gasteiger partial charge in [0.05, 0.1) is 0 Å². The van der Waals surface area contributed by atoms with Crippen LogP contribution in [0.25, 0.3) is 0 Å². The van der Waals surface area contributed by atoms with Gasteiger partial charge in [-0.1, -0.05) is 97.1 Å². The van der Waals surface area contributed by atoms with E-state index >= 15 is 0 Å². The Morgan fingerprint density at radius 2 is 0.833 bits per heavy atom. The average Bonchev–Trinajstić information content (AvgIpc) is 2.91. The molecule has 4 heteroatoms. The highest BCUT2D eigenvalue weighted by molar-refractivity contribution is 5.96. The highest BCUT2D eigenvalue weighted by atomic mass is 16.2. The molecule has 4 nitrogen and oxygen atoms in total. The monoisotopic (exact) mass is 476 g/mol. The molecule has 0 spiro atoms. The predicted octanol–water partition coefficient (Wildman–Crippen LogP) is 6.29. The SMILES string of the molecule is Cc1ccccc1C(=O)N(CCN(Cc1ccccc1)C(=O)c1ccccc1C)Cc1ccccc1. The zero-order valence-electron chi connectivity index (χ0n) is 20.9. The van der Waals surface area contributed by atoms with E-state index in [1.165, 1.54) is 0 Å². The van der Waals surface area contributed by atoms with Crippen LogP contribution in [0, 0.1) is 13.8 Å². The molecule has 182 valence electrons. The Morgan fingerprint density at radius 3 is 1.19 bits per heavy atom. The second-order valence-electron chi connectivity index (χ2n) is 9.05. The van der Waals surface area contributed by atoms with Gasteiger partial charge in [0.25, 0.3) is 11.8 Å². The van der Waals surface area contributed by atoms with Gasteiger partial charge in [-0.3, -0.25) is 9.59 Å². The highest BCUT2D eigenvalue weighted by Gasteiger charge is 2.22. The first-order chi connectivity index (χ1) is 17.5. The van der Waals surface area contributed by atoms with Crippen LogP contribution in [0.3, 0.4) is 0 Å². The third-order valence-electron chi connectivity index (χ3n) is 6.40. The van der Waals surface area contributed by atoms with Crippen molar-refractivity contribution in [1.82, 2.24) is 9.80 Å². The lowest BCUT2D eigenvalue weighted by atomic mass is 10.1. The third kappa shape index (κ3) is 6.28. The molecule has 0 unspecified atom stereocenters. The van der Waals surface area contributed by atoms with Gasteiger partial charge in [0, 0.05) is 37.3 Å². The first-order valence-corrected chi connectivity index (χ1v) is 12.3. The van der Waals surface area contributed by atoms with Gasteiger partial charge in [0.15, 0.2) is 0 Å². The van der Waals surface area contributed by atoms with Crippen molar-refractivity contribution in [3.63, 3.8) is 0 Å². The Morgan fingerprint density at radius 1 is 0.500 bits per heavy atom. The van der Waals surface area contributed by atoms with Gasteiger partial charge < -0.3 is 9.80 Å². The van der Waals surface area contributed by atoms with E-state index < -0.39 is 0 Å². The minimum absolute atomic E-state index is 0.0278. The molecule has 2 amide bonds. The second-order valence-corrected chi connectivity index (χ2v) is 9.05. The van der Waals surface area contributed by atoms with Gasteiger partial charge in [-0.2, -0.15) is 0 Å². The average molecular weight is 477 g/mol. The summed E-state index contributed by atoms with van der Waals surface area (Å²) in [6, 6.07) is 35.3. The number of benzene rings is 4. The molecule has 0 saturated heterocycles. The molecule has 0 bridgehead atoms. The zero-order chi connectivity index (χ0) is 25.3. The van der Waals surface area contributed by atoms with E-state index in [2.05, 4.69) is 0 Å². The Hall–Kier alpha value is -4.18. The Labute approximate surface area is 213 Å². The Balaban J connectivity index is 1.61. The van der Waals surface area contributed by atoms with Crippen molar-refractivity contribution < 1.29 is 9.59 Å². The lowest BCUT2D eigenvalue weighted by molar-refractivity contribution is 0.0643. The number of hydrogen-bond acceptors (Lipinski definition) is 2. The first kappa shape index (κ1) is 24.9. The Bertz CT molecular complexity index is 1200. The molecule has 0 radical (unpaired) electrons. The lowest BCUT2D eigenvalue weighted by Gasteiger charge is -2.29. The summed E-state index contributed by atoms with van der Waals surface area (Å²) in [5, 5.41) is 0. The zero-order valence-corrected chi connectivity index (χ0v) is 20.9. The quantitative estimate of drug-likeness (QED) is 0.285. The minimum atomic E-state index is -0.0278. The standard InChI is InChI=1S/C32H32N2O2/c1-25-13-9-11-19-29(25)31(35)33(23-27-15-5-3-6-16-27)21-22-34(24-28-17-7-4-8-18-28)32(36)30-20-12-10-14-26(30)2/h3-20H,21-24H2,1-2H3. The van der Waals surface area contributed by atoms with Crippen LogP contribution in [0.15, 0.2) is 109 Å². The van der Waals surface area contributed by atoms with Crippen LogP contribution >= 0.6 is 0 Å². The maximum absolute atomic E-state index is 13.7. The van der Waals surface area contributed by atoms with Crippen molar-refractivity contribution in [2.75, 3.05) is 13.1 Å². The van der Waals surface area contributed by atoms with Gasteiger partial charge >= 0.3 is 0 Å². The normalized spacial score (nSPS) is 10.6. The predicted molar refractivity (Wildman–Crippen MR) is 145 cm³/mol. The fourth-order valence-electron chi connectivity index (χ4n) is 4.32. The number of hydrogen-bond donors (Lipinski definition) is 0. The molecule has 0 aliphatic rings. The smallest absolute Gasteiger partial charge is 0.254 e. The van der Waals surface area contributed by atoms with Crippen LogP contribution in [-0.4, -0.2) is 34.7 Å². The van der Waals surface area contributed by atoms with Crippen LogP contribution < -0.4 is 0 Å². The van der Waals surface area contributed by atoms with Gasteiger partial charge in [-0.05, 0) is 48.2 Å².